The highest BCUT2D eigenvalue weighted by Gasteiger charge is 2.29. The van der Waals surface area contributed by atoms with E-state index in [1.807, 2.05) is 0 Å². The van der Waals surface area contributed by atoms with Crippen LogP contribution in [0.3, 0.4) is 0 Å². The zero-order valence-corrected chi connectivity index (χ0v) is 24.3. The number of nitriles is 9. The Morgan fingerprint density at radius 3 is 0.588 bits per heavy atom. The summed E-state index contributed by atoms with van der Waals surface area (Å²) in [6, 6.07) is 14.3. The van der Waals surface area contributed by atoms with Gasteiger partial charge in [-0.25, -0.2) is 43.1 Å². The van der Waals surface area contributed by atoms with Crippen LogP contribution in [0, 0.1) is 119 Å². The normalized spacial score (nSPS) is 10.5. The lowest BCUT2D eigenvalue weighted by Crippen LogP contribution is -2.07. The predicted molar refractivity (Wildman–Crippen MR) is 161 cm³/mol. The summed E-state index contributed by atoms with van der Waals surface area (Å²) in [7, 11) is 0. The molecule has 0 aliphatic heterocycles. The Kier molecular flexibility index (Phi) is 6.42. The molecule has 228 valence electrons. The predicted octanol–water partition coefficient (Wildman–Crippen LogP) is 4.24. The second-order valence-corrected chi connectivity index (χ2v) is 10.2. The topological polar surface area (TPSA) is 291 Å². The molecule has 0 spiro atoms. The van der Waals surface area contributed by atoms with Gasteiger partial charge in [-0.2, -0.15) is 47.4 Å². The first-order chi connectivity index (χ1) is 24.7. The molecule has 4 aromatic carbocycles. The molecule has 15 nitrogen and oxygen atoms in total. The third kappa shape index (κ3) is 3.72. The Labute approximate surface area is 278 Å². The summed E-state index contributed by atoms with van der Waals surface area (Å²) in [5.74, 6) is -4.11. The largest absolute Gasteiger partial charge is 0.240 e. The van der Waals surface area contributed by atoms with Gasteiger partial charge >= 0.3 is 0 Å². The summed E-state index contributed by atoms with van der Waals surface area (Å²) in [6.45, 7) is 0. The monoisotopic (exact) mass is 663 g/mol. The summed E-state index contributed by atoms with van der Waals surface area (Å²) in [6.07, 6.45) is 0. The number of aromatic nitrogens is 6. The average molecular weight is 663 g/mol. The van der Waals surface area contributed by atoms with Crippen LogP contribution in [0.15, 0.2) is 0 Å². The van der Waals surface area contributed by atoms with Gasteiger partial charge in [0, 0.05) is 0 Å². The van der Waals surface area contributed by atoms with Crippen LogP contribution in [0.25, 0.3) is 66.2 Å². The van der Waals surface area contributed by atoms with Crippen molar-refractivity contribution in [1.29, 1.82) is 47.4 Å². The molecule has 7 aromatic rings. The fraction of sp³-hybridized carbons (Fsp3) is 0. The molecule has 0 aliphatic rings. The van der Waals surface area contributed by atoms with Crippen molar-refractivity contribution in [2.45, 2.75) is 0 Å². The van der Waals surface area contributed by atoms with Crippen molar-refractivity contribution in [1.82, 2.24) is 29.9 Å². The molecule has 3 heterocycles. The molecular formula is C33F3N15. The van der Waals surface area contributed by atoms with Crippen LogP contribution in [0.4, 0.5) is 13.2 Å². The van der Waals surface area contributed by atoms with E-state index < -0.39 is 134 Å². The van der Waals surface area contributed by atoms with E-state index in [1.165, 1.54) is 18.2 Å². The van der Waals surface area contributed by atoms with E-state index in [9.17, 15) is 47.4 Å². The smallest absolute Gasteiger partial charge is 0.170 e. The first-order valence-corrected chi connectivity index (χ1v) is 13.5. The van der Waals surface area contributed by atoms with E-state index in [0.29, 0.717) is 0 Å². The van der Waals surface area contributed by atoms with E-state index in [0.717, 1.165) is 0 Å². The maximum atomic E-state index is 15.8. The summed E-state index contributed by atoms with van der Waals surface area (Å²) in [5, 5.41) is 87.8. The van der Waals surface area contributed by atoms with Gasteiger partial charge in [-0.3, -0.25) is 0 Å². The number of fused-ring (bicyclic) bond motifs is 9. The van der Waals surface area contributed by atoms with Crippen molar-refractivity contribution >= 4 is 66.2 Å². The minimum atomic E-state index is -1.37. The zero-order chi connectivity index (χ0) is 36.5. The lowest BCUT2D eigenvalue weighted by Gasteiger charge is -2.13. The quantitative estimate of drug-likeness (QED) is 0.162. The summed E-state index contributed by atoms with van der Waals surface area (Å²) in [5.41, 5.74) is -12.8. The van der Waals surface area contributed by atoms with Crippen molar-refractivity contribution in [3.05, 3.63) is 67.5 Å². The van der Waals surface area contributed by atoms with E-state index >= 15 is 13.2 Å². The first kappa shape index (κ1) is 30.5. The summed E-state index contributed by atoms with van der Waals surface area (Å²) >= 11 is 0. The van der Waals surface area contributed by atoms with Crippen molar-refractivity contribution < 1.29 is 13.2 Å². The molecule has 0 saturated heterocycles. The highest BCUT2D eigenvalue weighted by atomic mass is 19.1. The van der Waals surface area contributed by atoms with Crippen molar-refractivity contribution in [2.75, 3.05) is 0 Å². The lowest BCUT2D eigenvalue weighted by atomic mass is 9.99. The molecule has 0 aliphatic carbocycles. The van der Waals surface area contributed by atoms with Gasteiger partial charge in [0.2, 0.25) is 0 Å². The number of nitrogens with zero attached hydrogens (tertiary/aromatic N) is 15. The van der Waals surface area contributed by atoms with Crippen molar-refractivity contribution in [2.24, 2.45) is 0 Å². The fourth-order valence-electron chi connectivity index (χ4n) is 5.67. The van der Waals surface area contributed by atoms with Crippen LogP contribution in [0.2, 0.25) is 0 Å². The minimum Gasteiger partial charge on any atom is -0.240 e. The van der Waals surface area contributed by atoms with Crippen LogP contribution in [-0.2, 0) is 0 Å². The van der Waals surface area contributed by atoms with Gasteiger partial charge in [0.15, 0.2) is 17.5 Å². The Bertz CT molecular complexity index is 2960. The molecule has 0 bridgehead atoms. The molecule has 3 aromatic heterocycles. The second kappa shape index (κ2) is 10.7. The highest BCUT2D eigenvalue weighted by Crippen LogP contribution is 2.38. The number of benzene rings is 4. The Morgan fingerprint density at radius 2 is 0.412 bits per heavy atom. The SMILES string of the molecule is N#Cc1c(C#N)c(C#N)c2nc3c4nc5c(F)c(C#N)c(C#N)c(C#N)c5nc4c4nc5c(F)c(C#N)c(C#N)c(C#N)c5nc4c3nc2c1F. The second-order valence-electron chi connectivity index (χ2n) is 10.2. The van der Waals surface area contributed by atoms with Crippen LogP contribution < -0.4 is 0 Å². The molecule has 0 atom stereocenters. The lowest BCUT2D eigenvalue weighted by molar-refractivity contribution is 0.632. The van der Waals surface area contributed by atoms with Gasteiger partial charge in [-0.1, -0.05) is 0 Å². The van der Waals surface area contributed by atoms with E-state index in [2.05, 4.69) is 29.9 Å². The maximum Gasteiger partial charge on any atom is 0.170 e. The maximum absolute atomic E-state index is 15.8. The van der Waals surface area contributed by atoms with Gasteiger partial charge in [0.1, 0.15) is 138 Å². The van der Waals surface area contributed by atoms with Gasteiger partial charge in [-0.05, 0) is 0 Å². The molecule has 7 rings (SSSR count). The van der Waals surface area contributed by atoms with Gasteiger partial charge in [-0.15, -0.1) is 0 Å². The van der Waals surface area contributed by atoms with Crippen molar-refractivity contribution in [3.8, 4) is 54.6 Å². The number of rotatable bonds is 0. The molecular weight excluding hydrogens is 663 g/mol. The molecule has 18 heteroatoms. The van der Waals surface area contributed by atoms with E-state index in [-0.39, 0.29) is 0 Å². The standard InChI is InChI=1S/C33F3N15/c34-19-13(4-40)10(1-37)16(7-43)22-25(19)49-31-28(46-22)32-30(48-23-17(8-44)11(2-38)14(5-41)20(35)26(23)50-32)33-29(31)47-24-18(9-45)12(3-39)15(6-42)21(36)27(24)51-33. The molecule has 0 unspecified atom stereocenters. The molecule has 0 saturated carbocycles. The Balaban J connectivity index is 1.89. The molecule has 0 N–H and O–H groups in total. The Morgan fingerprint density at radius 1 is 0.235 bits per heavy atom. The third-order valence-corrected chi connectivity index (χ3v) is 7.86. The van der Waals surface area contributed by atoms with Crippen LogP contribution >= 0.6 is 0 Å². The number of hydrogen-bond donors (Lipinski definition) is 0. The Hall–Kier alpha value is -9.12. The molecule has 0 amide bonds. The van der Waals surface area contributed by atoms with Gasteiger partial charge in [0.05, 0.1) is 33.4 Å². The molecule has 51 heavy (non-hydrogen) atoms. The highest BCUT2D eigenvalue weighted by molar-refractivity contribution is 6.21. The van der Waals surface area contributed by atoms with Crippen LogP contribution in [0.5, 0.6) is 0 Å². The summed E-state index contributed by atoms with van der Waals surface area (Å²) in [4.78, 5) is 25.8. The number of hydrogen-bond acceptors (Lipinski definition) is 15. The fourth-order valence-corrected chi connectivity index (χ4v) is 5.67. The van der Waals surface area contributed by atoms with E-state index in [1.54, 1.807) is 36.4 Å². The zero-order valence-electron chi connectivity index (χ0n) is 24.3. The van der Waals surface area contributed by atoms with Gasteiger partial charge in [0.25, 0.3) is 0 Å². The van der Waals surface area contributed by atoms with Crippen LogP contribution in [0.1, 0.15) is 50.1 Å². The van der Waals surface area contributed by atoms with E-state index in [4.69, 9.17) is 0 Å². The minimum absolute atomic E-state index is 0.425. The van der Waals surface area contributed by atoms with Gasteiger partial charge < -0.3 is 0 Å². The van der Waals surface area contributed by atoms with Crippen molar-refractivity contribution in [3.63, 3.8) is 0 Å². The average Bonchev–Trinajstić information content (AvgIpc) is 3.15. The first-order valence-electron chi connectivity index (χ1n) is 13.5. The molecule has 0 fully saturated rings. The molecule has 0 radical (unpaired) electrons. The summed E-state index contributed by atoms with van der Waals surface area (Å²) < 4.78 is 47.5. The number of halogens is 3. The third-order valence-electron chi connectivity index (χ3n) is 7.86. The van der Waals surface area contributed by atoms with Crippen LogP contribution in [-0.4, -0.2) is 29.9 Å².